The maximum atomic E-state index is 11.3. The zero-order valence-electron chi connectivity index (χ0n) is 16.9. The van der Waals surface area contributed by atoms with Crippen LogP contribution in [0.5, 0.6) is 0 Å². The quantitative estimate of drug-likeness (QED) is 0.225. The van der Waals surface area contributed by atoms with Crippen LogP contribution < -0.4 is 10.6 Å². The molecule has 0 radical (unpaired) electrons. The van der Waals surface area contributed by atoms with Crippen molar-refractivity contribution in [1.82, 2.24) is 10.6 Å². The monoisotopic (exact) mass is 523 g/mol. The highest BCUT2D eigenvalue weighted by molar-refractivity contribution is 14.0. The summed E-state index contributed by atoms with van der Waals surface area (Å²) in [5.74, 6) is 0.834. The van der Waals surface area contributed by atoms with Crippen molar-refractivity contribution in [3.8, 4) is 0 Å². The van der Waals surface area contributed by atoms with Crippen LogP contribution in [0, 0.1) is 0 Å². The predicted molar refractivity (Wildman–Crippen MR) is 126 cm³/mol. The first-order valence-corrected chi connectivity index (χ1v) is 11.8. The standard InChI is InChI=1S/C20H33N3O3S.HI/c1-21-20(22-13-6-14-26-19-7-4-3-5-8-19)23-15-17-9-11-18(12-10-17)16-27(2,24)25;/h9-12,19H,3-8,13-16H2,1-2H3,(H2,21,22,23);1H. The van der Waals surface area contributed by atoms with Crippen LogP contribution >= 0.6 is 24.0 Å². The van der Waals surface area contributed by atoms with Gasteiger partial charge in [0.2, 0.25) is 0 Å². The van der Waals surface area contributed by atoms with Gasteiger partial charge in [-0.25, -0.2) is 8.42 Å². The molecule has 1 aliphatic carbocycles. The molecule has 0 amide bonds. The predicted octanol–water partition coefficient (Wildman–Crippen LogP) is 3.25. The van der Waals surface area contributed by atoms with Crippen molar-refractivity contribution in [3.63, 3.8) is 0 Å². The molecule has 160 valence electrons. The van der Waals surface area contributed by atoms with E-state index in [0.717, 1.165) is 36.7 Å². The minimum absolute atomic E-state index is 0. The van der Waals surface area contributed by atoms with Gasteiger partial charge in [-0.2, -0.15) is 0 Å². The number of sulfone groups is 1. The number of rotatable bonds is 9. The molecule has 1 aromatic carbocycles. The van der Waals surface area contributed by atoms with Crippen molar-refractivity contribution in [2.45, 2.75) is 56.9 Å². The van der Waals surface area contributed by atoms with Gasteiger partial charge in [0.1, 0.15) is 0 Å². The second kappa shape index (κ2) is 13.4. The summed E-state index contributed by atoms with van der Waals surface area (Å²) in [5, 5.41) is 6.57. The van der Waals surface area contributed by atoms with Crippen LogP contribution in [0.15, 0.2) is 29.3 Å². The molecule has 1 fully saturated rings. The molecular formula is C20H34IN3O3S. The Morgan fingerprint density at radius 2 is 1.75 bits per heavy atom. The van der Waals surface area contributed by atoms with Crippen molar-refractivity contribution in [2.75, 3.05) is 26.5 Å². The Hall–Kier alpha value is -0.870. The van der Waals surface area contributed by atoms with Crippen LogP contribution in [0.25, 0.3) is 0 Å². The van der Waals surface area contributed by atoms with Crippen molar-refractivity contribution in [3.05, 3.63) is 35.4 Å². The zero-order valence-corrected chi connectivity index (χ0v) is 20.1. The number of hydrogen-bond donors (Lipinski definition) is 2. The fourth-order valence-corrected chi connectivity index (χ4v) is 4.02. The number of halogens is 1. The molecule has 0 atom stereocenters. The van der Waals surface area contributed by atoms with E-state index in [0.29, 0.717) is 12.6 Å². The Morgan fingerprint density at radius 3 is 2.36 bits per heavy atom. The maximum Gasteiger partial charge on any atom is 0.191 e. The molecule has 0 heterocycles. The molecular weight excluding hydrogens is 489 g/mol. The minimum atomic E-state index is -3.00. The Morgan fingerprint density at radius 1 is 1.11 bits per heavy atom. The first kappa shape index (κ1) is 25.2. The topological polar surface area (TPSA) is 79.8 Å². The van der Waals surface area contributed by atoms with E-state index in [9.17, 15) is 8.42 Å². The lowest BCUT2D eigenvalue weighted by atomic mass is 9.98. The normalized spacial score (nSPS) is 15.7. The SMILES string of the molecule is CN=C(NCCCOC1CCCCC1)NCc1ccc(CS(C)(=O)=O)cc1.I. The smallest absolute Gasteiger partial charge is 0.191 e. The fourth-order valence-electron chi connectivity index (χ4n) is 3.22. The fraction of sp³-hybridized carbons (Fsp3) is 0.650. The van der Waals surface area contributed by atoms with Crippen LogP contribution in [0.3, 0.4) is 0 Å². The molecule has 0 unspecified atom stereocenters. The highest BCUT2D eigenvalue weighted by Gasteiger charge is 2.13. The van der Waals surface area contributed by atoms with E-state index in [2.05, 4.69) is 15.6 Å². The molecule has 0 aliphatic heterocycles. The highest BCUT2D eigenvalue weighted by Crippen LogP contribution is 2.20. The van der Waals surface area contributed by atoms with Crippen LogP contribution in [0.4, 0.5) is 0 Å². The summed E-state index contributed by atoms with van der Waals surface area (Å²) >= 11 is 0. The Balaban J connectivity index is 0.00000392. The maximum absolute atomic E-state index is 11.3. The van der Waals surface area contributed by atoms with Gasteiger partial charge >= 0.3 is 0 Å². The summed E-state index contributed by atoms with van der Waals surface area (Å²) in [6.07, 6.45) is 9.03. The van der Waals surface area contributed by atoms with Crippen molar-refractivity contribution < 1.29 is 13.2 Å². The Labute approximate surface area is 186 Å². The lowest BCUT2D eigenvalue weighted by Crippen LogP contribution is -2.37. The van der Waals surface area contributed by atoms with Gasteiger partial charge in [0.15, 0.2) is 15.8 Å². The van der Waals surface area contributed by atoms with Crippen LogP contribution in [0.2, 0.25) is 0 Å². The Bertz CT molecular complexity index is 687. The molecule has 0 saturated heterocycles. The van der Waals surface area contributed by atoms with Crippen molar-refractivity contribution >= 4 is 39.8 Å². The number of ether oxygens (including phenoxy) is 1. The third kappa shape index (κ3) is 10.6. The summed E-state index contributed by atoms with van der Waals surface area (Å²) in [7, 11) is -1.24. The summed E-state index contributed by atoms with van der Waals surface area (Å²) in [4.78, 5) is 4.23. The van der Waals surface area contributed by atoms with E-state index >= 15 is 0 Å². The van der Waals surface area contributed by atoms with E-state index in [1.807, 2.05) is 24.3 Å². The van der Waals surface area contributed by atoms with E-state index in [1.54, 1.807) is 7.05 Å². The van der Waals surface area contributed by atoms with E-state index in [-0.39, 0.29) is 29.7 Å². The highest BCUT2D eigenvalue weighted by atomic mass is 127. The summed E-state index contributed by atoms with van der Waals surface area (Å²) in [6.45, 7) is 2.24. The van der Waals surface area contributed by atoms with Gasteiger partial charge in [-0.1, -0.05) is 43.5 Å². The molecule has 8 heteroatoms. The van der Waals surface area contributed by atoms with Gasteiger partial charge in [-0.15, -0.1) is 24.0 Å². The molecule has 0 aromatic heterocycles. The number of hydrogen-bond acceptors (Lipinski definition) is 4. The molecule has 2 N–H and O–H groups in total. The minimum Gasteiger partial charge on any atom is -0.378 e. The molecule has 2 rings (SSSR count). The third-order valence-corrected chi connectivity index (χ3v) is 5.51. The third-order valence-electron chi connectivity index (χ3n) is 4.65. The van der Waals surface area contributed by atoms with Gasteiger partial charge in [-0.3, -0.25) is 4.99 Å². The second-order valence-electron chi connectivity index (χ2n) is 7.22. The first-order chi connectivity index (χ1) is 13.0. The number of nitrogens with zero attached hydrogens (tertiary/aromatic N) is 1. The van der Waals surface area contributed by atoms with E-state index < -0.39 is 9.84 Å². The van der Waals surface area contributed by atoms with Crippen LogP contribution in [-0.4, -0.2) is 46.9 Å². The molecule has 1 saturated carbocycles. The summed E-state index contributed by atoms with van der Waals surface area (Å²) < 4.78 is 28.6. The second-order valence-corrected chi connectivity index (χ2v) is 9.36. The van der Waals surface area contributed by atoms with Gasteiger partial charge in [0, 0.05) is 33.0 Å². The molecule has 0 bridgehead atoms. The largest absolute Gasteiger partial charge is 0.378 e. The molecule has 0 spiro atoms. The van der Waals surface area contributed by atoms with Gasteiger partial charge < -0.3 is 15.4 Å². The zero-order chi connectivity index (χ0) is 19.5. The van der Waals surface area contributed by atoms with Gasteiger partial charge in [0.05, 0.1) is 11.9 Å². The molecule has 1 aliphatic rings. The number of guanidine groups is 1. The van der Waals surface area contributed by atoms with Gasteiger partial charge in [0.25, 0.3) is 0 Å². The summed E-state index contributed by atoms with van der Waals surface area (Å²) in [5.41, 5.74) is 1.89. The average Bonchev–Trinajstić information content (AvgIpc) is 2.65. The number of nitrogens with one attached hydrogen (secondary N) is 2. The Kier molecular flexibility index (Phi) is 12.0. The van der Waals surface area contributed by atoms with E-state index in [1.165, 1.54) is 38.4 Å². The molecule has 6 nitrogen and oxygen atoms in total. The van der Waals surface area contributed by atoms with Crippen molar-refractivity contribution in [1.29, 1.82) is 0 Å². The van der Waals surface area contributed by atoms with Crippen LogP contribution in [-0.2, 0) is 26.9 Å². The first-order valence-electron chi connectivity index (χ1n) is 9.78. The van der Waals surface area contributed by atoms with Gasteiger partial charge in [-0.05, 0) is 30.4 Å². The number of aliphatic imine (C=N–C) groups is 1. The van der Waals surface area contributed by atoms with Crippen LogP contribution in [0.1, 0.15) is 49.7 Å². The lowest BCUT2D eigenvalue weighted by molar-refractivity contribution is 0.0277. The lowest BCUT2D eigenvalue weighted by Gasteiger charge is -2.22. The van der Waals surface area contributed by atoms with Crippen molar-refractivity contribution in [2.24, 2.45) is 4.99 Å². The summed E-state index contributed by atoms with van der Waals surface area (Å²) in [6, 6.07) is 7.60. The molecule has 28 heavy (non-hydrogen) atoms. The van der Waals surface area contributed by atoms with E-state index in [4.69, 9.17) is 4.74 Å². The average molecular weight is 523 g/mol. The molecule has 1 aromatic rings. The number of benzene rings is 1.